The molecule has 2 aliphatic rings. The molecule has 1 heterocycles. The minimum Gasteiger partial charge on any atom is -0.458 e. The third-order valence-electron chi connectivity index (χ3n) is 4.23. The average Bonchev–Trinajstić information content (AvgIpc) is 2.85. The number of esters is 1. The van der Waals surface area contributed by atoms with Crippen LogP contribution < -0.4 is 0 Å². The first-order valence-electron chi connectivity index (χ1n) is 5.85. The monoisotopic (exact) mass is 216 g/mol. The van der Waals surface area contributed by atoms with Gasteiger partial charge in [-0.1, -0.05) is 29.8 Å². The zero-order valence-corrected chi connectivity index (χ0v) is 9.75. The standard InChI is InChI=1S/C14H16O2/c1-10-3-5-11(6-4-10)14-8-7-12(15)16-13(14,2)9-14/h3-6H,7-9H2,1-2H3/t13-,14+/m1/s1. The summed E-state index contributed by atoms with van der Waals surface area (Å²) in [6, 6.07) is 8.64. The van der Waals surface area contributed by atoms with E-state index >= 15 is 0 Å². The van der Waals surface area contributed by atoms with Crippen molar-refractivity contribution in [2.45, 2.75) is 44.1 Å². The first-order valence-corrected chi connectivity index (χ1v) is 5.85. The zero-order chi connectivity index (χ0) is 11.4. The SMILES string of the molecule is Cc1ccc([C@@]23CCC(=O)O[C@]2(C)C3)cc1. The summed E-state index contributed by atoms with van der Waals surface area (Å²) in [5.41, 5.74) is 2.47. The maximum Gasteiger partial charge on any atom is 0.306 e. The van der Waals surface area contributed by atoms with Crippen molar-refractivity contribution < 1.29 is 9.53 Å². The Morgan fingerprint density at radius 2 is 1.94 bits per heavy atom. The Kier molecular flexibility index (Phi) is 1.78. The van der Waals surface area contributed by atoms with Crippen molar-refractivity contribution in [3.8, 4) is 0 Å². The second-order valence-corrected chi connectivity index (χ2v) is 5.33. The van der Waals surface area contributed by atoms with Crippen LogP contribution in [0.2, 0.25) is 0 Å². The van der Waals surface area contributed by atoms with E-state index in [4.69, 9.17) is 4.74 Å². The first-order chi connectivity index (χ1) is 7.56. The highest BCUT2D eigenvalue weighted by atomic mass is 16.6. The summed E-state index contributed by atoms with van der Waals surface area (Å²) < 4.78 is 5.50. The van der Waals surface area contributed by atoms with Gasteiger partial charge in [-0.05, 0) is 25.8 Å². The van der Waals surface area contributed by atoms with Gasteiger partial charge in [0.05, 0.1) is 0 Å². The number of ether oxygens (including phenoxy) is 1. The van der Waals surface area contributed by atoms with E-state index in [1.807, 2.05) is 0 Å². The van der Waals surface area contributed by atoms with Crippen LogP contribution in [-0.4, -0.2) is 11.6 Å². The Morgan fingerprint density at radius 3 is 2.56 bits per heavy atom. The second kappa shape index (κ2) is 2.88. The summed E-state index contributed by atoms with van der Waals surface area (Å²) in [5.74, 6) is -0.0391. The zero-order valence-electron chi connectivity index (χ0n) is 9.75. The Morgan fingerprint density at radius 1 is 1.25 bits per heavy atom. The second-order valence-electron chi connectivity index (χ2n) is 5.33. The van der Waals surface area contributed by atoms with Gasteiger partial charge in [0.1, 0.15) is 5.60 Å². The molecule has 0 N–H and O–H groups in total. The summed E-state index contributed by atoms with van der Waals surface area (Å²) >= 11 is 0. The third kappa shape index (κ3) is 1.16. The molecule has 0 amide bonds. The summed E-state index contributed by atoms with van der Waals surface area (Å²) in [6.07, 6.45) is 2.48. The summed E-state index contributed by atoms with van der Waals surface area (Å²) in [6.45, 7) is 4.15. The fourth-order valence-electron chi connectivity index (χ4n) is 3.06. The Bertz CT molecular complexity index is 448. The number of fused-ring (bicyclic) bond motifs is 1. The molecule has 1 aliphatic carbocycles. The number of aryl methyl sites for hydroxylation is 1. The number of benzene rings is 1. The average molecular weight is 216 g/mol. The Balaban J connectivity index is 1.97. The largest absolute Gasteiger partial charge is 0.458 e. The van der Waals surface area contributed by atoms with Crippen LogP contribution in [-0.2, 0) is 14.9 Å². The predicted octanol–water partition coefficient (Wildman–Crippen LogP) is 2.73. The predicted molar refractivity (Wildman–Crippen MR) is 61.2 cm³/mol. The van der Waals surface area contributed by atoms with E-state index < -0.39 is 0 Å². The van der Waals surface area contributed by atoms with Gasteiger partial charge in [0.2, 0.25) is 0 Å². The van der Waals surface area contributed by atoms with Crippen LogP contribution >= 0.6 is 0 Å². The lowest BCUT2D eigenvalue weighted by Crippen LogP contribution is -2.32. The van der Waals surface area contributed by atoms with Crippen LogP contribution in [0.5, 0.6) is 0 Å². The molecule has 1 aromatic carbocycles. The maximum atomic E-state index is 11.3. The number of carbonyl (C=O) groups is 1. The number of hydrogen-bond acceptors (Lipinski definition) is 2. The highest BCUT2D eigenvalue weighted by Crippen LogP contribution is 2.64. The lowest BCUT2D eigenvalue weighted by atomic mass is 9.86. The van der Waals surface area contributed by atoms with E-state index in [0.717, 1.165) is 12.8 Å². The molecule has 2 heteroatoms. The van der Waals surface area contributed by atoms with E-state index in [2.05, 4.69) is 38.1 Å². The molecule has 2 fully saturated rings. The van der Waals surface area contributed by atoms with Crippen molar-refractivity contribution in [2.24, 2.45) is 0 Å². The van der Waals surface area contributed by atoms with Gasteiger partial charge >= 0.3 is 5.97 Å². The molecule has 84 valence electrons. The molecule has 0 unspecified atom stereocenters. The topological polar surface area (TPSA) is 26.3 Å². The lowest BCUT2D eigenvalue weighted by Gasteiger charge is -2.28. The molecular weight excluding hydrogens is 200 g/mol. The Hall–Kier alpha value is -1.31. The number of rotatable bonds is 1. The van der Waals surface area contributed by atoms with Crippen molar-refractivity contribution in [3.63, 3.8) is 0 Å². The molecule has 16 heavy (non-hydrogen) atoms. The van der Waals surface area contributed by atoms with Gasteiger partial charge < -0.3 is 4.74 Å². The highest BCUT2D eigenvalue weighted by Gasteiger charge is 2.69. The van der Waals surface area contributed by atoms with Gasteiger partial charge in [0.25, 0.3) is 0 Å². The normalized spacial score (nSPS) is 36.5. The van der Waals surface area contributed by atoms with Gasteiger partial charge in [0.15, 0.2) is 0 Å². The molecule has 2 atom stereocenters. The van der Waals surface area contributed by atoms with Gasteiger partial charge in [-0.15, -0.1) is 0 Å². The van der Waals surface area contributed by atoms with Gasteiger partial charge in [-0.3, -0.25) is 4.79 Å². The molecule has 1 saturated carbocycles. The lowest BCUT2D eigenvalue weighted by molar-refractivity contribution is -0.155. The molecule has 0 spiro atoms. The fraction of sp³-hybridized carbons (Fsp3) is 0.500. The summed E-state index contributed by atoms with van der Waals surface area (Å²) in [7, 11) is 0. The van der Waals surface area contributed by atoms with Crippen molar-refractivity contribution in [3.05, 3.63) is 35.4 Å². The minimum atomic E-state index is -0.239. The van der Waals surface area contributed by atoms with Crippen molar-refractivity contribution in [1.29, 1.82) is 0 Å². The van der Waals surface area contributed by atoms with Crippen molar-refractivity contribution >= 4 is 5.97 Å². The van der Waals surface area contributed by atoms with Crippen molar-refractivity contribution in [1.82, 2.24) is 0 Å². The van der Waals surface area contributed by atoms with Crippen LogP contribution in [0, 0.1) is 6.92 Å². The van der Waals surface area contributed by atoms with Crippen LogP contribution in [0.25, 0.3) is 0 Å². The highest BCUT2D eigenvalue weighted by molar-refractivity contribution is 5.73. The molecule has 3 rings (SSSR count). The van der Waals surface area contributed by atoms with Crippen LogP contribution in [0.3, 0.4) is 0 Å². The molecule has 0 radical (unpaired) electrons. The van der Waals surface area contributed by atoms with E-state index in [1.54, 1.807) is 0 Å². The van der Waals surface area contributed by atoms with E-state index in [-0.39, 0.29) is 17.0 Å². The molecule has 1 aromatic rings. The molecule has 2 nitrogen and oxygen atoms in total. The molecule has 0 aromatic heterocycles. The van der Waals surface area contributed by atoms with Gasteiger partial charge in [-0.25, -0.2) is 0 Å². The number of carbonyl (C=O) groups excluding carboxylic acids is 1. The first kappa shape index (κ1) is 9.88. The van der Waals surface area contributed by atoms with E-state index in [9.17, 15) is 4.79 Å². The number of hydrogen-bond donors (Lipinski definition) is 0. The van der Waals surface area contributed by atoms with Crippen LogP contribution in [0.4, 0.5) is 0 Å². The molecule has 1 aliphatic heterocycles. The molecular formula is C14H16O2. The minimum absolute atomic E-state index is 0.0391. The molecule has 0 bridgehead atoms. The summed E-state index contributed by atoms with van der Waals surface area (Å²) in [5, 5.41) is 0. The van der Waals surface area contributed by atoms with Crippen molar-refractivity contribution in [2.75, 3.05) is 0 Å². The van der Waals surface area contributed by atoms with E-state index in [1.165, 1.54) is 11.1 Å². The molecule has 1 saturated heterocycles. The maximum absolute atomic E-state index is 11.3. The third-order valence-corrected chi connectivity index (χ3v) is 4.23. The van der Waals surface area contributed by atoms with Gasteiger partial charge in [-0.2, -0.15) is 0 Å². The van der Waals surface area contributed by atoms with E-state index in [0.29, 0.717) is 6.42 Å². The van der Waals surface area contributed by atoms with Crippen LogP contribution in [0.15, 0.2) is 24.3 Å². The quantitative estimate of drug-likeness (QED) is 0.675. The fourth-order valence-corrected chi connectivity index (χ4v) is 3.06. The summed E-state index contributed by atoms with van der Waals surface area (Å²) in [4.78, 5) is 11.3. The van der Waals surface area contributed by atoms with Crippen LogP contribution in [0.1, 0.15) is 37.3 Å². The smallest absolute Gasteiger partial charge is 0.306 e. The van der Waals surface area contributed by atoms with Gasteiger partial charge in [0, 0.05) is 18.3 Å². The Labute approximate surface area is 95.6 Å².